The number of rotatable bonds is 11. The van der Waals surface area contributed by atoms with E-state index in [-0.39, 0.29) is 17.6 Å². The molecule has 0 saturated carbocycles. The van der Waals surface area contributed by atoms with Gasteiger partial charge in [-0.1, -0.05) is 23.4 Å². The minimum atomic E-state index is -0.463. The van der Waals surface area contributed by atoms with Gasteiger partial charge in [0, 0.05) is 42.7 Å². The molecule has 3 aromatic heterocycles. The van der Waals surface area contributed by atoms with Crippen LogP contribution in [-0.2, 0) is 4.79 Å². The highest BCUT2D eigenvalue weighted by Crippen LogP contribution is 2.35. The van der Waals surface area contributed by atoms with Crippen LogP contribution in [0.15, 0.2) is 63.9 Å². The number of ether oxygens (including phenoxy) is 1. The molecule has 1 N–H and O–H groups in total. The van der Waals surface area contributed by atoms with Crippen molar-refractivity contribution in [1.82, 2.24) is 25.3 Å². The van der Waals surface area contributed by atoms with E-state index in [9.17, 15) is 9.59 Å². The number of pyridine rings is 1. The van der Waals surface area contributed by atoms with Gasteiger partial charge in [0.05, 0.1) is 30.3 Å². The normalized spacial score (nSPS) is 14.9. The molecule has 1 aromatic carbocycles. The number of hydrogen-bond donors (Lipinski definition) is 1. The molecule has 39 heavy (non-hydrogen) atoms. The van der Waals surface area contributed by atoms with Crippen molar-refractivity contribution in [3.05, 3.63) is 72.2 Å². The first-order valence-corrected chi connectivity index (χ1v) is 12.9. The fourth-order valence-electron chi connectivity index (χ4n) is 4.61. The lowest BCUT2D eigenvalue weighted by atomic mass is 9.99. The SMILES string of the molecule is COc1cc2nc(C)ccc2cc1-c1cnc([C@H](C/C=C/CCC(=O)c2ccon2)NC(=O)C2CN(C)C2)o1. The van der Waals surface area contributed by atoms with Gasteiger partial charge in [0.2, 0.25) is 11.8 Å². The number of hydrogen-bond acceptors (Lipinski definition) is 9. The third-order valence-corrected chi connectivity index (χ3v) is 6.79. The first-order valence-electron chi connectivity index (χ1n) is 12.9. The Labute approximate surface area is 226 Å². The van der Waals surface area contributed by atoms with Crippen molar-refractivity contribution in [2.75, 3.05) is 27.2 Å². The summed E-state index contributed by atoms with van der Waals surface area (Å²) >= 11 is 0. The number of nitrogens with zero attached hydrogens (tertiary/aromatic N) is 4. The van der Waals surface area contributed by atoms with Gasteiger partial charge in [0.25, 0.3) is 0 Å². The minimum absolute atomic E-state index is 0.0304. The van der Waals surface area contributed by atoms with Gasteiger partial charge in [-0.2, -0.15) is 0 Å². The van der Waals surface area contributed by atoms with Crippen molar-refractivity contribution < 1.29 is 23.3 Å². The van der Waals surface area contributed by atoms with Crippen LogP contribution in [0.1, 0.15) is 47.4 Å². The summed E-state index contributed by atoms with van der Waals surface area (Å²) in [7, 11) is 3.59. The van der Waals surface area contributed by atoms with E-state index in [0.29, 0.717) is 42.4 Å². The summed E-state index contributed by atoms with van der Waals surface area (Å²) in [6, 6.07) is 8.91. The molecule has 1 atom stereocenters. The second kappa shape index (κ2) is 11.6. The number of likely N-dealkylation sites (tertiary alicyclic amines) is 1. The van der Waals surface area contributed by atoms with Crippen LogP contribution in [0.3, 0.4) is 0 Å². The smallest absolute Gasteiger partial charge is 0.226 e. The number of aromatic nitrogens is 3. The third kappa shape index (κ3) is 6.06. The zero-order valence-electron chi connectivity index (χ0n) is 22.2. The topological polar surface area (TPSA) is 124 Å². The first-order chi connectivity index (χ1) is 18.9. The number of amides is 1. The largest absolute Gasteiger partial charge is 0.496 e. The summed E-state index contributed by atoms with van der Waals surface area (Å²) in [4.78, 5) is 36.2. The van der Waals surface area contributed by atoms with Crippen LogP contribution in [-0.4, -0.2) is 59.0 Å². The molecule has 0 radical (unpaired) electrons. The fourth-order valence-corrected chi connectivity index (χ4v) is 4.61. The Kier molecular flexibility index (Phi) is 7.83. The summed E-state index contributed by atoms with van der Waals surface area (Å²) < 4.78 is 16.6. The number of oxazole rings is 1. The molecular formula is C29H31N5O5. The predicted molar refractivity (Wildman–Crippen MR) is 144 cm³/mol. The van der Waals surface area contributed by atoms with Crippen molar-refractivity contribution in [1.29, 1.82) is 0 Å². The number of carbonyl (C=O) groups excluding carboxylic acids is 2. The molecule has 0 unspecified atom stereocenters. The van der Waals surface area contributed by atoms with E-state index < -0.39 is 6.04 Å². The lowest BCUT2D eigenvalue weighted by Gasteiger charge is -2.35. The van der Waals surface area contributed by atoms with Crippen LogP contribution in [0.2, 0.25) is 0 Å². The second-order valence-corrected chi connectivity index (χ2v) is 9.79. The highest BCUT2D eigenvalue weighted by atomic mass is 16.5. The summed E-state index contributed by atoms with van der Waals surface area (Å²) in [5.74, 6) is 1.38. The van der Waals surface area contributed by atoms with Gasteiger partial charge < -0.3 is 23.9 Å². The van der Waals surface area contributed by atoms with Gasteiger partial charge in [-0.15, -0.1) is 0 Å². The molecule has 1 saturated heterocycles. The average molecular weight is 530 g/mol. The van der Waals surface area contributed by atoms with Gasteiger partial charge >= 0.3 is 0 Å². The van der Waals surface area contributed by atoms with Gasteiger partial charge in [-0.25, -0.2) is 4.98 Å². The van der Waals surface area contributed by atoms with Crippen LogP contribution >= 0.6 is 0 Å². The second-order valence-electron chi connectivity index (χ2n) is 9.79. The molecule has 0 aliphatic carbocycles. The number of allylic oxidation sites excluding steroid dienone is 1. The minimum Gasteiger partial charge on any atom is -0.496 e. The Morgan fingerprint density at radius 3 is 2.82 bits per heavy atom. The number of ketones is 1. The quantitative estimate of drug-likeness (QED) is 0.221. The van der Waals surface area contributed by atoms with Crippen LogP contribution in [0.25, 0.3) is 22.2 Å². The zero-order valence-corrected chi connectivity index (χ0v) is 22.2. The molecule has 1 aliphatic heterocycles. The number of nitrogens with one attached hydrogen (secondary N) is 1. The van der Waals surface area contributed by atoms with E-state index in [1.165, 1.54) is 6.26 Å². The van der Waals surface area contributed by atoms with Crippen LogP contribution in [0, 0.1) is 12.8 Å². The van der Waals surface area contributed by atoms with Crippen molar-refractivity contribution in [2.45, 2.75) is 32.2 Å². The number of aryl methyl sites for hydroxylation is 1. The lowest BCUT2D eigenvalue weighted by Crippen LogP contribution is -2.52. The molecule has 1 aliphatic rings. The molecule has 4 aromatic rings. The molecule has 202 valence electrons. The third-order valence-electron chi connectivity index (χ3n) is 6.79. The molecule has 1 amide bonds. The van der Waals surface area contributed by atoms with Gasteiger partial charge in [0.15, 0.2) is 11.5 Å². The monoisotopic (exact) mass is 529 g/mol. The van der Waals surface area contributed by atoms with Crippen molar-refractivity contribution in [2.24, 2.45) is 5.92 Å². The number of benzene rings is 1. The van der Waals surface area contributed by atoms with E-state index in [4.69, 9.17) is 13.7 Å². The van der Waals surface area contributed by atoms with E-state index in [2.05, 4.69) is 25.3 Å². The first kappa shape index (κ1) is 26.3. The average Bonchev–Trinajstić information content (AvgIpc) is 3.62. The molecule has 0 bridgehead atoms. The Hall–Kier alpha value is -4.31. The molecule has 1 fully saturated rings. The van der Waals surface area contributed by atoms with Crippen molar-refractivity contribution in [3.63, 3.8) is 0 Å². The van der Waals surface area contributed by atoms with E-state index in [1.807, 2.05) is 50.4 Å². The Morgan fingerprint density at radius 2 is 2.08 bits per heavy atom. The lowest BCUT2D eigenvalue weighted by molar-refractivity contribution is -0.130. The zero-order chi connectivity index (χ0) is 27.4. The Bertz CT molecular complexity index is 1490. The molecule has 10 nitrogen and oxygen atoms in total. The maximum absolute atomic E-state index is 12.9. The highest BCUT2D eigenvalue weighted by molar-refractivity contribution is 5.94. The number of fused-ring (bicyclic) bond motifs is 1. The maximum Gasteiger partial charge on any atom is 0.226 e. The fraction of sp³-hybridized carbons (Fsp3) is 0.345. The highest BCUT2D eigenvalue weighted by Gasteiger charge is 2.32. The Morgan fingerprint density at radius 1 is 1.23 bits per heavy atom. The Balaban J connectivity index is 1.33. The molecule has 5 rings (SSSR count). The summed E-state index contributed by atoms with van der Waals surface area (Å²) in [5, 5.41) is 7.74. The summed E-state index contributed by atoms with van der Waals surface area (Å²) in [5.41, 5.74) is 2.83. The van der Waals surface area contributed by atoms with Gasteiger partial charge in [0.1, 0.15) is 23.7 Å². The molecule has 10 heteroatoms. The maximum atomic E-state index is 12.9. The number of methoxy groups -OCH3 is 1. The standard InChI is InChI=1S/C29H31N5O5/c1-18-9-10-19-13-21(26(37-3)14-24(19)31-18)27-15-30-29(39-27)23(32-28(36)20-16-34(2)17-20)7-5-4-6-8-25(35)22-11-12-38-33-22/h4-5,9-15,20,23H,6-8,16-17H2,1-3H3,(H,32,36)/b5-4+/t23-/m0/s1. The summed E-state index contributed by atoms with van der Waals surface area (Å²) in [6.45, 7) is 3.38. The number of carbonyl (C=O) groups is 2. The van der Waals surface area contributed by atoms with E-state index >= 15 is 0 Å². The molecule has 0 spiro atoms. The van der Waals surface area contributed by atoms with Gasteiger partial charge in [-0.3, -0.25) is 14.6 Å². The van der Waals surface area contributed by atoms with E-state index in [1.54, 1.807) is 19.4 Å². The number of Topliss-reactive ketones (excluding diaryl/α,β-unsaturated/α-hetero) is 1. The van der Waals surface area contributed by atoms with Gasteiger partial charge in [-0.05, 0) is 38.9 Å². The van der Waals surface area contributed by atoms with Crippen molar-refractivity contribution in [3.8, 4) is 17.1 Å². The molecule has 4 heterocycles. The summed E-state index contributed by atoms with van der Waals surface area (Å²) in [6.07, 6.45) is 8.20. The van der Waals surface area contributed by atoms with Crippen LogP contribution < -0.4 is 10.1 Å². The predicted octanol–water partition coefficient (Wildman–Crippen LogP) is 4.52. The van der Waals surface area contributed by atoms with Crippen LogP contribution in [0.4, 0.5) is 0 Å². The van der Waals surface area contributed by atoms with Crippen LogP contribution in [0.5, 0.6) is 5.75 Å². The van der Waals surface area contributed by atoms with E-state index in [0.717, 1.165) is 35.2 Å². The van der Waals surface area contributed by atoms with Crippen molar-refractivity contribution >= 4 is 22.6 Å². The molecular weight excluding hydrogens is 498 g/mol.